The minimum absolute atomic E-state index is 0.142. The van der Waals surface area contributed by atoms with Crippen molar-refractivity contribution in [1.82, 2.24) is 4.90 Å². The molecule has 2 aromatic carbocycles. The van der Waals surface area contributed by atoms with Gasteiger partial charge in [0.05, 0.1) is 13.5 Å². The first-order valence-corrected chi connectivity index (χ1v) is 6.56. The summed E-state index contributed by atoms with van der Waals surface area (Å²) in [5, 5.41) is 11.1. The van der Waals surface area contributed by atoms with Gasteiger partial charge in [-0.1, -0.05) is 30.3 Å². The fourth-order valence-corrected chi connectivity index (χ4v) is 2.31. The molecule has 0 unspecified atom stereocenters. The average Bonchev–Trinajstić information content (AvgIpc) is 2.45. The number of hydrogen-bond donors (Lipinski definition) is 1. The van der Waals surface area contributed by atoms with Crippen molar-refractivity contribution in [3.63, 3.8) is 0 Å². The Morgan fingerprint density at radius 1 is 1.25 bits per heavy atom. The number of methoxy groups -OCH3 is 1. The van der Waals surface area contributed by atoms with Gasteiger partial charge in [-0.05, 0) is 23.9 Å². The summed E-state index contributed by atoms with van der Waals surface area (Å²) >= 11 is 0. The molecule has 2 rings (SSSR count). The van der Waals surface area contributed by atoms with Crippen LogP contribution < -0.4 is 4.74 Å². The first-order valence-electron chi connectivity index (χ1n) is 6.56. The molecule has 20 heavy (non-hydrogen) atoms. The number of carboxylic acid groups (broad SMARTS) is 1. The van der Waals surface area contributed by atoms with Gasteiger partial charge in [0.2, 0.25) is 0 Å². The lowest BCUT2D eigenvalue weighted by molar-refractivity contribution is -0.137. The molecule has 0 bridgehead atoms. The molecule has 0 saturated carbocycles. The Hall–Kier alpha value is -2.07. The van der Waals surface area contributed by atoms with Crippen LogP contribution in [-0.2, 0) is 11.3 Å². The average molecular weight is 273 g/mol. The fourth-order valence-electron chi connectivity index (χ4n) is 2.31. The van der Waals surface area contributed by atoms with Gasteiger partial charge in [-0.3, -0.25) is 4.79 Å². The van der Waals surface area contributed by atoms with Crippen LogP contribution in [-0.4, -0.2) is 36.7 Å². The van der Waals surface area contributed by atoms with Gasteiger partial charge in [0, 0.05) is 18.7 Å². The molecule has 0 aromatic heterocycles. The summed E-state index contributed by atoms with van der Waals surface area (Å²) < 4.78 is 5.44. The largest absolute Gasteiger partial charge is 0.496 e. The molecule has 0 atom stereocenters. The van der Waals surface area contributed by atoms with Crippen molar-refractivity contribution in [2.45, 2.75) is 13.0 Å². The van der Waals surface area contributed by atoms with Gasteiger partial charge in [0.1, 0.15) is 5.75 Å². The van der Waals surface area contributed by atoms with Crippen LogP contribution in [0.5, 0.6) is 5.75 Å². The molecule has 0 spiro atoms. The third-order valence-corrected chi connectivity index (χ3v) is 3.35. The number of ether oxygens (including phenoxy) is 1. The van der Waals surface area contributed by atoms with Crippen molar-refractivity contribution in [3.8, 4) is 5.75 Å². The van der Waals surface area contributed by atoms with Crippen LogP contribution in [0.15, 0.2) is 36.4 Å². The molecule has 106 valence electrons. The lowest BCUT2D eigenvalue weighted by Crippen LogP contribution is -2.21. The van der Waals surface area contributed by atoms with Crippen molar-refractivity contribution in [1.29, 1.82) is 0 Å². The smallest absolute Gasteiger partial charge is 0.304 e. The molecule has 0 radical (unpaired) electrons. The number of carboxylic acids is 1. The molecule has 4 heteroatoms. The zero-order valence-electron chi connectivity index (χ0n) is 11.8. The Bertz CT molecular complexity index is 610. The van der Waals surface area contributed by atoms with Crippen LogP contribution in [0.1, 0.15) is 12.0 Å². The Labute approximate surface area is 118 Å². The van der Waals surface area contributed by atoms with E-state index < -0.39 is 5.97 Å². The van der Waals surface area contributed by atoms with Gasteiger partial charge < -0.3 is 14.7 Å². The second-order valence-corrected chi connectivity index (χ2v) is 4.85. The molecule has 0 aliphatic heterocycles. The van der Waals surface area contributed by atoms with Gasteiger partial charge in [-0.2, -0.15) is 0 Å². The fraction of sp³-hybridized carbons (Fsp3) is 0.312. The van der Waals surface area contributed by atoms with Crippen LogP contribution in [0.3, 0.4) is 0 Å². The summed E-state index contributed by atoms with van der Waals surface area (Å²) in [5.74, 6) is 0.0626. The maximum atomic E-state index is 10.6. The number of fused-ring (bicyclic) bond motifs is 1. The van der Waals surface area contributed by atoms with E-state index in [0.29, 0.717) is 13.1 Å². The van der Waals surface area contributed by atoms with Crippen LogP contribution >= 0.6 is 0 Å². The molecular formula is C16H19NO3. The lowest BCUT2D eigenvalue weighted by atomic mass is 10.0. The predicted molar refractivity (Wildman–Crippen MR) is 79.1 cm³/mol. The van der Waals surface area contributed by atoms with Crippen molar-refractivity contribution in [3.05, 3.63) is 42.0 Å². The van der Waals surface area contributed by atoms with Gasteiger partial charge in [-0.25, -0.2) is 0 Å². The zero-order valence-corrected chi connectivity index (χ0v) is 11.8. The van der Waals surface area contributed by atoms with Gasteiger partial charge in [0.25, 0.3) is 0 Å². The Morgan fingerprint density at radius 3 is 2.70 bits per heavy atom. The minimum atomic E-state index is -0.776. The van der Waals surface area contributed by atoms with Crippen molar-refractivity contribution >= 4 is 16.7 Å². The predicted octanol–water partition coefficient (Wildman–Crippen LogP) is 2.75. The van der Waals surface area contributed by atoms with E-state index in [-0.39, 0.29) is 6.42 Å². The van der Waals surface area contributed by atoms with E-state index >= 15 is 0 Å². The summed E-state index contributed by atoms with van der Waals surface area (Å²) in [7, 11) is 3.58. The number of benzene rings is 2. The second kappa shape index (κ2) is 6.39. The Kier molecular flexibility index (Phi) is 4.58. The van der Waals surface area contributed by atoms with E-state index in [4.69, 9.17) is 9.84 Å². The molecule has 4 nitrogen and oxygen atoms in total. The summed E-state index contributed by atoms with van der Waals surface area (Å²) in [6.07, 6.45) is 0.142. The summed E-state index contributed by atoms with van der Waals surface area (Å²) in [6.45, 7) is 1.18. The lowest BCUT2D eigenvalue weighted by Gasteiger charge is -2.19. The normalized spacial score (nSPS) is 10.9. The number of hydrogen-bond acceptors (Lipinski definition) is 3. The third-order valence-electron chi connectivity index (χ3n) is 3.35. The highest BCUT2D eigenvalue weighted by Crippen LogP contribution is 2.28. The van der Waals surface area contributed by atoms with Crippen molar-refractivity contribution < 1.29 is 14.6 Å². The number of carbonyl (C=O) groups is 1. The first kappa shape index (κ1) is 14.3. The summed E-state index contributed by atoms with van der Waals surface area (Å²) in [6, 6.07) is 12.1. The van der Waals surface area contributed by atoms with Gasteiger partial charge >= 0.3 is 5.97 Å². The highest BCUT2D eigenvalue weighted by molar-refractivity contribution is 5.87. The van der Waals surface area contributed by atoms with E-state index in [0.717, 1.165) is 22.1 Å². The monoisotopic (exact) mass is 273 g/mol. The van der Waals surface area contributed by atoms with E-state index in [2.05, 4.69) is 12.1 Å². The topological polar surface area (TPSA) is 49.8 Å². The number of rotatable bonds is 6. The van der Waals surface area contributed by atoms with E-state index in [1.54, 1.807) is 7.11 Å². The highest BCUT2D eigenvalue weighted by Gasteiger charge is 2.11. The molecule has 1 N–H and O–H groups in total. The van der Waals surface area contributed by atoms with Crippen LogP contribution in [0, 0.1) is 0 Å². The van der Waals surface area contributed by atoms with Crippen LogP contribution in [0.25, 0.3) is 10.8 Å². The van der Waals surface area contributed by atoms with Crippen LogP contribution in [0.2, 0.25) is 0 Å². The van der Waals surface area contributed by atoms with Crippen LogP contribution in [0.4, 0.5) is 0 Å². The summed E-state index contributed by atoms with van der Waals surface area (Å²) in [5.41, 5.74) is 1.10. The molecule has 0 heterocycles. The number of aliphatic carboxylic acids is 1. The SMILES string of the molecule is COc1ccc2ccccc2c1CN(C)CCC(=O)O. The number of nitrogens with zero attached hydrogens (tertiary/aromatic N) is 1. The van der Waals surface area contributed by atoms with E-state index in [1.807, 2.05) is 36.2 Å². The molecular weight excluding hydrogens is 254 g/mol. The van der Waals surface area contributed by atoms with Crippen molar-refractivity contribution in [2.75, 3.05) is 20.7 Å². The molecule has 0 fully saturated rings. The van der Waals surface area contributed by atoms with E-state index in [1.165, 1.54) is 0 Å². The molecule has 2 aromatic rings. The maximum absolute atomic E-state index is 10.6. The molecule has 0 aliphatic carbocycles. The van der Waals surface area contributed by atoms with Gasteiger partial charge in [-0.15, -0.1) is 0 Å². The molecule has 0 amide bonds. The third kappa shape index (κ3) is 3.27. The molecule has 0 saturated heterocycles. The zero-order chi connectivity index (χ0) is 14.5. The Morgan fingerprint density at radius 2 is 2.00 bits per heavy atom. The quantitative estimate of drug-likeness (QED) is 0.879. The van der Waals surface area contributed by atoms with Gasteiger partial charge in [0.15, 0.2) is 0 Å². The summed E-state index contributed by atoms with van der Waals surface area (Å²) in [4.78, 5) is 12.6. The Balaban J connectivity index is 2.29. The first-order chi connectivity index (χ1) is 9.61. The minimum Gasteiger partial charge on any atom is -0.496 e. The molecule has 0 aliphatic rings. The second-order valence-electron chi connectivity index (χ2n) is 4.85. The van der Waals surface area contributed by atoms with E-state index in [9.17, 15) is 4.79 Å². The maximum Gasteiger partial charge on any atom is 0.304 e. The standard InChI is InChI=1S/C16H19NO3/c1-17(10-9-16(18)19)11-14-13-6-4-3-5-12(13)7-8-15(14)20-2/h3-8H,9-11H2,1-2H3,(H,18,19). The highest BCUT2D eigenvalue weighted by atomic mass is 16.5. The van der Waals surface area contributed by atoms with Crippen molar-refractivity contribution in [2.24, 2.45) is 0 Å².